The number of esters is 1. The summed E-state index contributed by atoms with van der Waals surface area (Å²) in [5, 5.41) is 5.91. The number of hydrazone groups is 1. The molecule has 164 valence electrons. The van der Waals surface area contributed by atoms with Crippen LogP contribution in [0.4, 0.5) is 0 Å². The molecule has 2 atom stereocenters. The fourth-order valence-corrected chi connectivity index (χ4v) is 4.11. The van der Waals surface area contributed by atoms with E-state index in [4.69, 9.17) is 4.74 Å². The summed E-state index contributed by atoms with van der Waals surface area (Å²) in [6.45, 7) is 6.58. The van der Waals surface area contributed by atoms with Gasteiger partial charge in [-0.1, -0.05) is 51.1 Å². The molecule has 0 bridgehead atoms. The lowest BCUT2D eigenvalue weighted by Crippen LogP contribution is -2.20. The van der Waals surface area contributed by atoms with Crippen molar-refractivity contribution in [2.45, 2.75) is 38.5 Å². The van der Waals surface area contributed by atoms with Gasteiger partial charge in [-0.25, -0.2) is 10.2 Å². The Kier molecular flexibility index (Phi) is 6.24. The molecule has 0 aliphatic heterocycles. The first-order valence-electron chi connectivity index (χ1n) is 10.6. The van der Waals surface area contributed by atoms with Gasteiger partial charge in [-0.05, 0) is 70.2 Å². The molecule has 3 aromatic rings. The van der Waals surface area contributed by atoms with Crippen LogP contribution in [0.1, 0.15) is 59.5 Å². The standard InChI is InChI=1S/C26H26N2O3S/c1-26(2,3)19-10-8-18(9-11-19)21-15-22(21)24(29)28-27-16-17-6-12-20(13-7-17)31-25(30)23-5-4-14-32-23/h4-14,16,21-22H,15H2,1-3H3,(H,28,29)/b27-16+/t21-,22-/m1/s1. The predicted molar refractivity (Wildman–Crippen MR) is 127 cm³/mol. The van der Waals surface area contributed by atoms with Crippen molar-refractivity contribution in [3.8, 4) is 5.75 Å². The largest absolute Gasteiger partial charge is 0.422 e. The second-order valence-corrected chi connectivity index (χ2v) is 9.94. The highest BCUT2D eigenvalue weighted by molar-refractivity contribution is 7.12. The van der Waals surface area contributed by atoms with Crippen molar-refractivity contribution in [2.24, 2.45) is 11.0 Å². The summed E-state index contributed by atoms with van der Waals surface area (Å²) in [7, 11) is 0. The Morgan fingerprint density at radius 1 is 1.06 bits per heavy atom. The molecule has 0 spiro atoms. The molecule has 5 nitrogen and oxygen atoms in total. The number of nitrogens with one attached hydrogen (secondary N) is 1. The minimum Gasteiger partial charge on any atom is -0.422 e. The Morgan fingerprint density at radius 3 is 2.41 bits per heavy atom. The Balaban J connectivity index is 1.26. The first-order chi connectivity index (χ1) is 15.3. The number of amides is 1. The summed E-state index contributed by atoms with van der Waals surface area (Å²) in [5.41, 5.74) is 6.06. The zero-order valence-electron chi connectivity index (χ0n) is 18.4. The molecule has 0 radical (unpaired) electrons. The van der Waals surface area contributed by atoms with Gasteiger partial charge in [0.1, 0.15) is 10.6 Å². The quantitative estimate of drug-likeness (QED) is 0.235. The molecule has 2 aromatic carbocycles. The molecule has 0 unspecified atom stereocenters. The summed E-state index contributed by atoms with van der Waals surface area (Å²) in [6.07, 6.45) is 2.43. The Hall–Kier alpha value is -3.25. The Labute approximate surface area is 192 Å². The van der Waals surface area contributed by atoms with Crippen LogP contribution in [0.5, 0.6) is 5.75 Å². The van der Waals surface area contributed by atoms with E-state index >= 15 is 0 Å². The molecule has 1 aromatic heterocycles. The molecule has 1 heterocycles. The number of hydrogen-bond acceptors (Lipinski definition) is 5. The van der Waals surface area contributed by atoms with E-state index < -0.39 is 0 Å². The highest BCUT2D eigenvalue weighted by Crippen LogP contribution is 2.47. The van der Waals surface area contributed by atoms with Gasteiger partial charge in [0, 0.05) is 5.92 Å². The highest BCUT2D eigenvalue weighted by Gasteiger charge is 2.44. The van der Waals surface area contributed by atoms with E-state index in [9.17, 15) is 9.59 Å². The predicted octanol–water partition coefficient (Wildman–Crippen LogP) is 5.52. The maximum absolute atomic E-state index is 12.4. The van der Waals surface area contributed by atoms with Crippen LogP contribution in [0, 0.1) is 5.92 Å². The van der Waals surface area contributed by atoms with Gasteiger partial charge >= 0.3 is 5.97 Å². The van der Waals surface area contributed by atoms with Gasteiger partial charge in [0.25, 0.3) is 0 Å². The smallest absolute Gasteiger partial charge is 0.353 e. The van der Waals surface area contributed by atoms with Crippen LogP contribution in [0.15, 0.2) is 71.1 Å². The zero-order valence-corrected chi connectivity index (χ0v) is 19.2. The van der Waals surface area contributed by atoms with Crippen LogP contribution in [0.3, 0.4) is 0 Å². The second-order valence-electron chi connectivity index (χ2n) is 8.99. The second kappa shape index (κ2) is 9.09. The fourth-order valence-electron chi connectivity index (χ4n) is 3.51. The molecule has 1 aliphatic rings. The summed E-state index contributed by atoms with van der Waals surface area (Å²) >= 11 is 1.34. The van der Waals surface area contributed by atoms with Crippen molar-refractivity contribution in [2.75, 3.05) is 0 Å². The average molecular weight is 447 g/mol. The SMILES string of the molecule is CC(C)(C)c1ccc([C@H]2C[C@H]2C(=O)N/N=C/c2ccc(OC(=O)c3cccs3)cc2)cc1. The van der Waals surface area contributed by atoms with Crippen LogP contribution in [-0.2, 0) is 10.2 Å². The van der Waals surface area contributed by atoms with Gasteiger partial charge in [0.2, 0.25) is 5.91 Å². The molecular weight excluding hydrogens is 420 g/mol. The minimum absolute atomic E-state index is 0.0355. The first-order valence-corrected chi connectivity index (χ1v) is 11.5. The maximum atomic E-state index is 12.4. The summed E-state index contributed by atoms with van der Waals surface area (Å²) < 4.78 is 5.33. The van der Waals surface area contributed by atoms with Gasteiger partial charge < -0.3 is 4.74 Å². The van der Waals surface area contributed by atoms with Crippen LogP contribution in [0.2, 0.25) is 0 Å². The van der Waals surface area contributed by atoms with Crippen molar-refractivity contribution in [1.29, 1.82) is 0 Å². The fraction of sp³-hybridized carbons (Fsp3) is 0.269. The molecular formula is C26H26N2O3S. The zero-order chi connectivity index (χ0) is 22.7. The lowest BCUT2D eigenvalue weighted by atomic mass is 9.86. The number of nitrogens with zero attached hydrogens (tertiary/aromatic N) is 1. The molecule has 1 fully saturated rings. The van der Waals surface area contributed by atoms with Crippen molar-refractivity contribution < 1.29 is 14.3 Å². The number of benzene rings is 2. The third-order valence-electron chi connectivity index (χ3n) is 5.53. The van der Waals surface area contributed by atoms with Crippen molar-refractivity contribution in [3.05, 3.63) is 87.6 Å². The third-order valence-corrected chi connectivity index (χ3v) is 6.38. The molecule has 1 amide bonds. The summed E-state index contributed by atoms with van der Waals surface area (Å²) in [6, 6.07) is 19.1. The van der Waals surface area contributed by atoms with Gasteiger partial charge in [-0.3, -0.25) is 4.79 Å². The third kappa shape index (κ3) is 5.32. The molecule has 6 heteroatoms. The summed E-state index contributed by atoms with van der Waals surface area (Å²) in [4.78, 5) is 24.9. The van der Waals surface area contributed by atoms with Gasteiger partial charge in [0.05, 0.1) is 6.21 Å². The molecule has 4 rings (SSSR count). The number of carbonyl (C=O) groups is 2. The molecule has 1 N–H and O–H groups in total. The van der Waals surface area contributed by atoms with Crippen molar-refractivity contribution in [3.63, 3.8) is 0 Å². The lowest BCUT2D eigenvalue weighted by Gasteiger charge is -2.19. The average Bonchev–Trinajstić information content (AvgIpc) is 3.38. The lowest BCUT2D eigenvalue weighted by molar-refractivity contribution is -0.122. The normalized spacial score (nSPS) is 17.8. The van der Waals surface area contributed by atoms with Crippen molar-refractivity contribution >= 4 is 29.4 Å². The highest BCUT2D eigenvalue weighted by atomic mass is 32.1. The van der Waals surface area contributed by atoms with E-state index in [2.05, 4.69) is 55.6 Å². The number of rotatable bonds is 6. The van der Waals surface area contributed by atoms with Crippen LogP contribution in [0.25, 0.3) is 0 Å². The number of ether oxygens (including phenoxy) is 1. The number of carbonyl (C=O) groups excluding carboxylic acids is 2. The van der Waals surface area contributed by atoms with E-state index in [-0.39, 0.29) is 29.1 Å². The first kappa shape index (κ1) is 22.0. The molecule has 1 aliphatic carbocycles. The maximum Gasteiger partial charge on any atom is 0.353 e. The minimum atomic E-state index is -0.374. The van der Waals surface area contributed by atoms with E-state index in [0.29, 0.717) is 10.6 Å². The topological polar surface area (TPSA) is 67.8 Å². The van der Waals surface area contributed by atoms with Crippen LogP contribution >= 0.6 is 11.3 Å². The number of thiophene rings is 1. The van der Waals surface area contributed by atoms with Gasteiger partial charge in [-0.2, -0.15) is 5.10 Å². The van der Waals surface area contributed by atoms with Crippen molar-refractivity contribution in [1.82, 2.24) is 5.43 Å². The van der Waals surface area contributed by atoms with E-state index in [1.54, 1.807) is 36.5 Å². The Bertz CT molecular complexity index is 1110. The van der Waals surface area contributed by atoms with E-state index in [1.807, 2.05) is 11.4 Å². The van der Waals surface area contributed by atoms with Crippen LogP contribution in [-0.4, -0.2) is 18.1 Å². The molecule has 0 saturated heterocycles. The molecule has 1 saturated carbocycles. The number of hydrogen-bond donors (Lipinski definition) is 1. The monoisotopic (exact) mass is 446 g/mol. The van der Waals surface area contributed by atoms with Crippen LogP contribution < -0.4 is 10.2 Å². The van der Waals surface area contributed by atoms with E-state index in [1.165, 1.54) is 22.5 Å². The van der Waals surface area contributed by atoms with E-state index in [0.717, 1.165) is 12.0 Å². The van der Waals surface area contributed by atoms with Gasteiger partial charge in [-0.15, -0.1) is 11.3 Å². The summed E-state index contributed by atoms with van der Waals surface area (Å²) in [5.74, 6) is 0.249. The molecule has 32 heavy (non-hydrogen) atoms. The Morgan fingerprint density at radius 2 is 1.78 bits per heavy atom. The van der Waals surface area contributed by atoms with Gasteiger partial charge in [0.15, 0.2) is 0 Å².